The van der Waals surface area contributed by atoms with Gasteiger partial charge in [-0.1, -0.05) is 41.1 Å². The maximum Gasteiger partial charge on any atom is 0.279 e. The second kappa shape index (κ2) is 8.33. The van der Waals surface area contributed by atoms with Crippen LogP contribution < -0.4 is 9.46 Å². The highest BCUT2D eigenvalue weighted by Crippen LogP contribution is 2.38. The highest BCUT2D eigenvalue weighted by molar-refractivity contribution is 7.88. The number of piperidine rings is 1. The molecule has 1 N–H and O–H groups in total. The first-order chi connectivity index (χ1) is 14.8. The van der Waals surface area contributed by atoms with Crippen LogP contribution in [0.2, 0.25) is 5.02 Å². The summed E-state index contributed by atoms with van der Waals surface area (Å²) < 4.78 is 32.9. The van der Waals surface area contributed by atoms with Gasteiger partial charge in [0.2, 0.25) is 10.0 Å². The number of sulfonamides is 1. The van der Waals surface area contributed by atoms with Crippen LogP contribution in [0.15, 0.2) is 42.5 Å². The molecule has 2 saturated heterocycles. The van der Waals surface area contributed by atoms with Gasteiger partial charge in [-0.2, -0.15) is 0 Å². The molecule has 2 aromatic carbocycles. The summed E-state index contributed by atoms with van der Waals surface area (Å²) in [6.45, 7) is 0.873. The summed E-state index contributed by atoms with van der Waals surface area (Å²) in [7, 11) is -3.16. The predicted octanol–water partition coefficient (Wildman–Crippen LogP) is 4.79. The topological polar surface area (TPSA) is 71.5 Å². The molecule has 0 saturated carbocycles. The Bertz CT molecular complexity index is 1180. The number of thiazole rings is 1. The van der Waals surface area contributed by atoms with Gasteiger partial charge in [0.25, 0.3) is 5.19 Å². The monoisotopic (exact) mass is 477 g/mol. The maximum absolute atomic E-state index is 11.6. The van der Waals surface area contributed by atoms with Crippen LogP contribution in [0, 0.1) is 0 Å². The van der Waals surface area contributed by atoms with Crippen molar-refractivity contribution in [2.24, 2.45) is 0 Å². The molecular weight excluding hydrogens is 454 g/mol. The summed E-state index contributed by atoms with van der Waals surface area (Å²) in [5.41, 5.74) is 2.07. The molecule has 164 valence electrons. The number of ether oxygens (including phenoxy) is 1. The van der Waals surface area contributed by atoms with Crippen molar-refractivity contribution in [3.63, 3.8) is 0 Å². The summed E-state index contributed by atoms with van der Waals surface area (Å²) in [6, 6.07) is 14.7. The molecule has 9 heteroatoms. The molecule has 3 aromatic rings. The zero-order chi connectivity index (χ0) is 21.6. The van der Waals surface area contributed by atoms with E-state index in [9.17, 15) is 8.42 Å². The van der Waals surface area contributed by atoms with Crippen LogP contribution >= 0.6 is 22.9 Å². The lowest BCUT2D eigenvalue weighted by Crippen LogP contribution is -2.49. The van der Waals surface area contributed by atoms with Crippen LogP contribution in [0.4, 0.5) is 0 Å². The van der Waals surface area contributed by atoms with Gasteiger partial charge in [-0.15, -0.1) is 0 Å². The third-order valence-corrected chi connectivity index (χ3v) is 8.28. The van der Waals surface area contributed by atoms with Crippen molar-refractivity contribution in [1.82, 2.24) is 14.6 Å². The van der Waals surface area contributed by atoms with Gasteiger partial charge in [0.1, 0.15) is 5.75 Å². The Kier molecular flexibility index (Phi) is 5.68. The normalized spacial score (nSPS) is 24.0. The highest BCUT2D eigenvalue weighted by atomic mass is 35.5. The van der Waals surface area contributed by atoms with Gasteiger partial charge in [0, 0.05) is 24.7 Å². The second-order valence-corrected chi connectivity index (χ2v) is 11.6. The zero-order valence-corrected chi connectivity index (χ0v) is 19.5. The van der Waals surface area contributed by atoms with Crippen molar-refractivity contribution in [1.29, 1.82) is 0 Å². The van der Waals surface area contributed by atoms with Crippen LogP contribution in [0.1, 0.15) is 31.2 Å². The average molecular weight is 478 g/mol. The van der Waals surface area contributed by atoms with Crippen molar-refractivity contribution >= 4 is 43.2 Å². The fraction of sp³-hybridized carbons (Fsp3) is 0.409. The molecule has 2 fully saturated rings. The van der Waals surface area contributed by atoms with E-state index in [4.69, 9.17) is 16.3 Å². The third-order valence-electron chi connectivity index (χ3n) is 6.11. The van der Waals surface area contributed by atoms with E-state index in [0.717, 1.165) is 48.2 Å². The van der Waals surface area contributed by atoms with E-state index in [1.54, 1.807) is 0 Å². The van der Waals surface area contributed by atoms with E-state index in [2.05, 4.69) is 26.7 Å². The van der Waals surface area contributed by atoms with Crippen molar-refractivity contribution in [3.8, 4) is 10.9 Å². The molecule has 2 unspecified atom stereocenters. The molecule has 3 heterocycles. The predicted molar refractivity (Wildman–Crippen MR) is 125 cm³/mol. The molecule has 2 aliphatic rings. The van der Waals surface area contributed by atoms with Gasteiger partial charge in [-0.25, -0.2) is 18.1 Å². The van der Waals surface area contributed by atoms with Crippen molar-refractivity contribution in [3.05, 3.63) is 53.1 Å². The number of benzene rings is 2. The van der Waals surface area contributed by atoms with Gasteiger partial charge in [-0.05, 0) is 55.5 Å². The molecule has 5 rings (SSSR count). The van der Waals surface area contributed by atoms with E-state index in [1.807, 2.05) is 30.3 Å². The number of hydrogen-bond acceptors (Lipinski definition) is 6. The van der Waals surface area contributed by atoms with Crippen molar-refractivity contribution in [2.75, 3.05) is 6.26 Å². The summed E-state index contributed by atoms with van der Waals surface area (Å²) in [5, 5.41) is 1.26. The molecule has 0 radical (unpaired) electrons. The molecule has 1 aromatic heterocycles. The molecule has 31 heavy (non-hydrogen) atoms. The second-order valence-electron chi connectivity index (χ2n) is 8.43. The smallest absolute Gasteiger partial charge is 0.279 e. The SMILES string of the molecule is CS(=O)(=O)NC1CC2CCC(C1)N2Cc1ccc(Oc2nc3cccc(Cl)c3s2)cc1. The van der Waals surface area contributed by atoms with Gasteiger partial charge in [0.15, 0.2) is 0 Å². The quantitative estimate of drug-likeness (QED) is 0.552. The number of nitrogens with one attached hydrogen (secondary N) is 1. The minimum Gasteiger partial charge on any atom is -0.431 e. The first-order valence-corrected chi connectivity index (χ1v) is 13.5. The van der Waals surface area contributed by atoms with Crippen LogP contribution in [-0.4, -0.2) is 42.7 Å². The van der Waals surface area contributed by atoms with E-state index < -0.39 is 10.0 Å². The Morgan fingerprint density at radius 1 is 1.16 bits per heavy atom. The van der Waals surface area contributed by atoms with E-state index in [-0.39, 0.29) is 6.04 Å². The Labute approximate surface area is 191 Å². The minimum absolute atomic E-state index is 0.0573. The Hall–Kier alpha value is -1.71. The number of hydrogen-bond donors (Lipinski definition) is 1. The first kappa shape index (κ1) is 21.2. The van der Waals surface area contributed by atoms with Gasteiger partial charge in [-0.3, -0.25) is 4.90 Å². The van der Waals surface area contributed by atoms with Crippen LogP contribution in [0.3, 0.4) is 0 Å². The molecule has 6 nitrogen and oxygen atoms in total. The Balaban J connectivity index is 1.23. The molecule has 2 aliphatic heterocycles. The molecule has 2 atom stereocenters. The van der Waals surface area contributed by atoms with Crippen LogP contribution in [0.5, 0.6) is 10.9 Å². The standard InChI is InChI=1S/C22H24ClN3O3S2/c1-31(27,28)25-15-11-16-7-8-17(12-15)26(16)13-14-5-9-18(10-6-14)29-22-24-20-4-2-3-19(23)21(20)30-22/h2-6,9-10,15-17,25H,7-8,11-13H2,1H3. The number of fused-ring (bicyclic) bond motifs is 3. The third kappa shape index (κ3) is 4.73. The molecule has 2 bridgehead atoms. The van der Waals surface area contributed by atoms with Gasteiger partial charge in [0.05, 0.1) is 21.5 Å². The van der Waals surface area contributed by atoms with Crippen molar-refractivity contribution < 1.29 is 13.2 Å². The Morgan fingerprint density at radius 2 is 1.87 bits per heavy atom. The van der Waals surface area contributed by atoms with Gasteiger partial charge < -0.3 is 4.74 Å². The molecular formula is C22H24ClN3O3S2. The van der Waals surface area contributed by atoms with E-state index in [0.29, 0.717) is 22.3 Å². The summed E-state index contributed by atoms with van der Waals surface area (Å²) in [4.78, 5) is 7.03. The lowest BCUT2D eigenvalue weighted by molar-refractivity contribution is 0.116. The van der Waals surface area contributed by atoms with Crippen molar-refractivity contribution in [2.45, 2.75) is 50.4 Å². The molecule has 0 spiro atoms. The summed E-state index contributed by atoms with van der Waals surface area (Å²) in [6.07, 6.45) is 5.27. The van der Waals surface area contributed by atoms with E-state index in [1.165, 1.54) is 23.2 Å². The van der Waals surface area contributed by atoms with Gasteiger partial charge >= 0.3 is 0 Å². The largest absolute Gasteiger partial charge is 0.431 e. The lowest BCUT2D eigenvalue weighted by atomic mass is 9.97. The average Bonchev–Trinajstić information content (AvgIpc) is 3.21. The zero-order valence-electron chi connectivity index (χ0n) is 17.1. The van der Waals surface area contributed by atoms with E-state index >= 15 is 0 Å². The lowest BCUT2D eigenvalue weighted by Gasteiger charge is -2.39. The fourth-order valence-electron chi connectivity index (χ4n) is 4.84. The highest BCUT2D eigenvalue weighted by Gasteiger charge is 2.41. The minimum atomic E-state index is -3.16. The summed E-state index contributed by atoms with van der Waals surface area (Å²) >= 11 is 7.67. The number of rotatable bonds is 6. The maximum atomic E-state index is 11.6. The first-order valence-electron chi connectivity index (χ1n) is 10.4. The van der Waals surface area contributed by atoms with Crippen LogP contribution in [0.25, 0.3) is 10.2 Å². The summed E-state index contributed by atoms with van der Waals surface area (Å²) in [5.74, 6) is 0.748. The fourth-order valence-corrected chi connectivity index (χ4v) is 6.77. The molecule has 0 amide bonds. The Morgan fingerprint density at radius 3 is 2.52 bits per heavy atom. The molecule has 0 aliphatic carbocycles. The number of aromatic nitrogens is 1. The number of nitrogens with zero attached hydrogens (tertiary/aromatic N) is 2. The van der Waals surface area contributed by atoms with Crippen LogP contribution in [-0.2, 0) is 16.6 Å². The number of halogens is 1.